The molecule has 0 aliphatic carbocycles. The van der Waals surface area contributed by atoms with Crippen molar-refractivity contribution in [2.75, 3.05) is 12.4 Å². The fourth-order valence-electron chi connectivity index (χ4n) is 3.39. The fraction of sp³-hybridized carbons (Fsp3) is 0.227. The first-order chi connectivity index (χ1) is 13.0. The summed E-state index contributed by atoms with van der Waals surface area (Å²) >= 11 is 0. The van der Waals surface area contributed by atoms with Gasteiger partial charge in [-0.25, -0.2) is 0 Å². The standard InChI is InChI=1S/C22H21N3O2/c1-14-19(13-23)21(16-9-11-18(27-3)12-10-16)20(15(2)24-14)22(26)25-17-7-5-4-6-8-17/h4-12,19,21H,1-3H3,(H,25,26)/t19?,21-/m0/s1. The van der Waals surface area contributed by atoms with Gasteiger partial charge in [0.05, 0.1) is 19.1 Å². The summed E-state index contributed by atoms with van der Waals surface area (Å²) in [5, 5.41) is 12.7. The summed E-state index contributed by atoms with van der Waals surface area (Å²) in [7, 11) is 1.60. The Balaban J connectivity index is 2.04. The molecular formula is C22H21N3O2. The summed E-state index contributed by atoms with van der Waals surface area (Å²) in [5.41, 5.74) is 3.45. The van der Waals surface area contributed by atoms with Crippen molar-refractivity contribution in [2.24, 2.45) is 10.9 Å². The van der Waals surface area contributed by atoms with E-state index in [1.807, 2.05) is 68.4 Å². The lowest BCUT2D eigenvalue weighted by Crippen LogP contribution is -2.31. The molecule has 0 radical (unpaired) electrons. The van der Waals surface area contributed by atoms with Crippen molar-refractivity contribution in [3.05, 3.63) is 71.4 Å². The second-order valence-corrected chi connectivity index (χ2v) is 6.43. The second kappa shape index (κ2) is 7.88. The van der Waals surface area contributed by atoms with Crippen molar-refractivity contribution in [1.29, 1.82) is 5.26 Å². The van der Waals surface area contributed by atoms with Gasteiger partial charge in [0, 0.05) is 28.6 Å². The predicted octanol–water partition coefficient (Wildman–Crippen LogP) is 4.31. The Morgan fingerprint density at radius 1 is 1.11 bits per heavy atom. The van der Waals surface area contributed by atoms with Crippen molar-refractivity contribution in [1.82, 2.24) is 0 Å². The monoisotopic (exact) mass is 359 g/mol. The number of anilines is 1. The Bertz CT molecular complexity index is 938. The molecule has 0 fully saturated rings. The number of carbonyl (C=O) groups is 1. The van der Waals surface area contributed by atoms with Crippen LogP contribution < -0.4 is 10.1 Å². The van der Waals surface area contributed by atoms with Gasteiger partial charge in [-0.05, 0) is 43.7 Å². The van der Waals surface area contributed by atoms with Crippen molar-refractivity contribution in [3.8, 4) is 11.8 Å². The molecule has 1 amide bonds. The minimum absolute atomic E-state index is 0.240. The Hall–Kier alpha value is -3.39. The molecule has 136 valence electrons. The van der Waals surface area contributed by atoms with E-state index in [2.05, 4.69) is 16.4 Å². The van der Waals surface area contributed by atoms with E-state index in [0.29, 0.717) is 22.7 Å². The molecule has 0 aromatic heterocycles. The summed E-state index contributed by atoms with van der Waals surface area (Å²) in [5.74, 6) is -0.402. The molecule has 0 saturated heterocycles. The highest BCUT2D eigenvalue weighted by Gasteiger charge is 2.37. The number of carbonyl (C=O) groups excluding carboxylic acids is 1. The van der Waals surface area contributed by atoms with Gasteiger partial charge in [-0.15, -0.1) is 0 Å². The smallest absolute Gasteiger partial charge is 0.254 e. The number of para-hydroxylation sites is 1. The third kappa shape index (κ3) is 3.75. The van der Waals surface area contributed by atoms with Gasteiger partial charge >= 0.3 is 0 Å². The molecule has 27 heavy (non-hydrogen) atoms. The molecule has 5 heteroatoms. The van der Waals surface area contributed by atoms with E-state index >= 15 is 0 Å². The van der Waals surface area contributed by atoms with Crippen molar-refractivity contribution in [3.63, 3.8) is 0 Å². The Labute approximate surface area is 159 Å². The molecule has 1 N–H and O–H groups in total. The third-order valence-corrected chi connectivity index (χ3v) is 4.72. The normalized spacial score (nSPS) is 19.1. The molecule has 0 bridgehead atoms. The number of rotatable bonds is 4. The number of benzene rings is 2. The van der Waals surface area contributed by atoms with Crippen LogP contribution in [0.5, 0.6) is 5.75 Å². The van der Waals surface area contributed by atoms with Crippen LogP contribution in [-0.4, -0.2) is 18.7 Å². The number of hydrogen-bond donors (Lipinski definition) is 1. The lowest BCUT2D eigenvalue weighted by molar-refractivity contribution is -0.113. The lowest BCUT2D eigenvalue weighted by atomic mass is 9.76. The zero-order valence-corrected chi connectivity index (χ0v) is 15.6. The Kier molecular flexibility index (Phi) is 5.37. The van der Waals surface area contributed by atoms with Gasteiger partial charge in [-0.3, -0.25) is 9.79 Å². The number of aliphatic imine (C=N–C) groups is 1. The zero-order chi connectivity index (χ0) is 19.4. The van der Waals surface area contributed by atoms with Gasteiger partial charge in [0.15, 0.2) is 0 Å². The highest BCUT2D eigenvalue weighted by molar-refractivity contribution is 6.07. The maximum atomic E-state index is 13.1. The molecule has 1 aliphatic heterocycles. The van der Waals surface area contributed by atoms with Crippen molar-refractivity contribution in [2.45, 2.75) is 19.8 Å². The first kappa shape index (κ1) is 18.4. The minimum Gasteiger partial charge on any atom is -0.497 e. The van der Waals surface area contributed by atoms with Crippen LogP contribution in [0.2, 0.25) is 0 Å². The number of nitrogens with zero attached hydrogens (tertiary/aromatic N) is 2. The number of nitrogens with one attached hydrogen (secondary N) is 1. The average molecular weight is 359 g/mol. The van der Waals surface area contributed by atoms with Gasteiger partial charge in [-0.2, -0.15) is 5.26 Å². The summed E-state index contributed by atoms with van der Waals surface area (Å²) in [6.07, 6.45) is 0. The van der Waals surface area contributed by atoms with Gasteiger partial charge in [0.2, 0.25) is 0 Å². The first-order valence-electron chi connectivity index (χ1n) is 8.71. The van der Waals surface area contributed by atoms with Gasteiger partial charge in [0.1, 0.15) is 5.75 Å². The SMILES string of the molecule is COc1ccc([C@@H]2C(C(=O)Nc3ccccc3)=C(C)N=C(C)C2C#N)cc1. The Morgan fingerprint density at radius 3 is 2.37 bits per heavy atom. The average Bonchev–Trinajstić information content (AvgIpc) is 2.68. The van der Waals surface area contributed by atoms with E-state index in [0.717, 1.165) is 11.3 Å². The number of allylic oxidation sites excluding steroid dienone is 1. The van der Waals surface area contributed by atoms with E-state index in [9.17, 15) is 10.1 Å². The van der Waals surface area contributed by atoms with Gasteiger partial charge < -0.3 is 10.1 Å². The molecule has 0 spiro atoms. The van der Waals surface area contributed by atoms with Crippen LogP contribution in [-0.2, 0) is 4.79 Å². The van der Waals surface area contributed by atoms with Gasteiger partial charge in [0.25, 0.3) is 5.91 Å². The molecule has 5 nitrogen and oxygen atoms in total. The quantitative estimate of drug-likeness (QED) is 0.884. The summed E-state index contributed by atoms with van der Waals surface area (Å²) in [6.45, 7) is 3.65. The largest absolute Gasteiger partial charge is 0.497 e. The lowest BCUT2D eigenvalue weighted by Gasteiger charge is -2.29. The van der Waals surface area contributed by atoms with Crippen molar-refractivity contribution >= 4 is 17.3 Å². The van der Waals surface area contributed by atoms with Crippen LogP contribution in [0.25, 0.3) is 0 Å². The van der Waals surface area contributed by atoms with E-state index in [-0.39, 0.29) is 11.8 Å². The molecule has 2 aromatic rings. The van der Waals surface area contributed by atoms with E-state index in [1.165, 1.54) is 0 Å². The zero-order valence-electron chi connectivity index (χ0n) is 15.6. The molecular weight excluding hydrogens is 338 g/mol. The topological polar surface area (TPSA) is 74.5 Å². The highest BCUT2D eigenvalue weighted by atomic mass is 16.5. The van der Waals surface area contributed by atoms with Crippen LogP contribution in [0.4, 0.5) is 5.69 Å². The second-order valence-electron chi connectivity index (χ2n) is 6.43. The summed E-state index contributed by atoms with van der Waals surface area (Å²) in [6, 6.07) is 19.1. The Morgan fingerprint density at radius 2 is 1.78 bits per heavy atom. The first-order valence-corrected chi connectivity index (χ1v) is 8.71. The molecule has 2 aromatic carbocycles. The van der Waals surface area contributed by atoms with Crippen LogP contribution >= 0.6 is 0 Å². The molecule has 1 aliphatic rings. The van der Waals surface area contributed by atoms with Crippen LogP contribution in [0, 0.1) is 17.2 Å². The number of hydrogen-bond acceptors (Lipinski definition) is 4. The third-order valence-electron chi connectivity index (χ3n) is 4.72. The van der Waals surface area contributed by atoms with Crippen LogP contribution in [0.15, 0.2) is 70.9 Å². The molecule has 1 unspecified atom stereocenters. The molecule has 3 rings (SSSR count). The van der Waals surface area contributed by atoms with Crippen LogP contribution in [0.1, 0.15) is 25.3 Å². The highest BCUT2D eigenvalue weighted by Crippen LogP contribution is 2.39. The summed E-state index contributed by atoms with van der Waals surface area (Å²) < 4.78 is 5.23. The molecule has 1 heterocycles. The predicted molar refractivity (Wildman–Crippen MR) is 106 cm³/mol. The minimum atomic E-state index is -0.501. The van der Waals surface area contributed by atoms with Crippen molar-refractivity contribution < 1.29 is 9.53 Å². The van der Waals surface area contributed by atoms with Gasteiger partial charge in [-0.1, -0.05) is 30.3 Å². The van der Waals surface area contributed by atoms with E-state index < -0.39 is 5.92 Å². The number of methoxy groups -OCH3 is 1. The van der Waals surface area contributed by atoms with E-state index in [4.69, 9.17) is 4.74 Å². The summed E-state index contributed by atoms with van der Waals surface area (Å²) in [4.78, 5) is 17.6. The number of ether oxygens (including phenoxy) is 1. The molecule has 2 atom stereocenters. The molecule has 0 saturated carbocycles. The number of amides is 1. The number of nitriles is 1. The maximum Gasteiger partial charge on any atom is 0.254 e. The van der Waals surface area contributed by atoms with Crippen LogP contribution in [0.3, 0.4) is 0 Å². The van der Waals surface area contributed by atoms with E-state index in [1.54, 1.807) is 7.11 Å². The maximum absolute atomic E-state index is 13.1. The fourth-order valence-corrected chi connectivity index (χ4v) is 3.39.